The molecule has 1 amide bonds. The van der Waals surface area contributed by atoms with E-state index < -0.39 is 5.41 Å². The number of benzene rings is 2. The first-order valence-corrected chi connectivity index (χ1v) is 9.73. The summed E-state index contributed by atoms with van der Waals surface area (Å²) in [6, 6.07) is 12.4. The highest BCUT2D eigenvalue weighted by Crippen LogP contribution is 2.49. The van der Waals surface area contributed by atoms with Gasteiger partial charge in [-0.05, 0) is 49.2 Å². The Morgan fingerprint density at radius 2 is 1.70 bits per heavy atom. The molecule has 1 aliphatic rings. The van der Waals surface area contributed by atoms with Crippen molar-refractivity contribution in [2.24, 2.45) is 0 Å². The Bertz CT molecular complexity index is 1090. The van der Waals surface area contributed by atoms with E-state index in [0.29, 0.717) is 52.3 Å². The van der Waals surface area contributed by atoms with E-state index in [1.54, 1.807) is 51.7 Å². The van der Waals surface area contributed by atoms with Crippen molar-refractivity contribution in [1.29, 1.82) is 0 Å². The van der Waals surface area contributed by atoms with Crippen LogP contribution in [0.5, 0.6) is 17.2 Å². The second kappa shape index (κ2) is 7.91. The smallest absolute Gasteiger partial charge is 0.236 e. The average Bonchev–Trinajstić information content (AvgIpc) is 3.43. The maximum absolute atomic E-state index is 13.0. The standard InChI is InChI=1S/C22H21ClN2O5/c1-27-16-7-5-14(11-15(16)23)24-21(26)22(8-9-22)20-12-18(30-25-20)13-4-6-17(28-2)19(10-13)29-3/h4-7,10-12H,8-9H2,1-3H3,(H,24,26). The molecule has 1 N–H and O–H groups in total. The van der Waals surface area contributed by atoms with Gasteiger partial charge in [0.05, 0.1) is 37.5 Å². The Labute approximate surface area is 178 Å². The van der Waals surface area contributed by atoms with Crippen molar-refractivity contribution < 1.29 is 23.5 Å². The Morgan fingerprint density at radius 1 is 1.00 bits per heavy atom. The Hall–Kier alpha value is -3.19. The molecule has 3 aromatic rings. The molecule has 156 valence electrons. The first kappa shape index (κ1) is 20.1. The molecule has 1 heterocycles. The summed E-state index contributed by atoms with van der Waals surface area (Å²) in [5.41, 5.74) is 1.28. The van der Waals surface area contributed by atoms with Crippen LogP contribution in [0.2, 0.25) is 5.02 Å². The van der Waals surface area contributed by atoms with Crippen molar-refractivity contribution in [2.45, 2.75) is 18.3 Å². The van der Waals surface area contributed by atoms with Crippen LogP contribution >= 0.6 is 11.6 Å². The van der Waals surface area contributed by atoms with Gasteiger partial charge in [-0.15, -0.1) is 0 Å². The molecule has 0 atom stereocenters. The minimum absolute atomic E-state index is 0.143. The van der Waals surface area contributed by atoms with Crippen molar-refractivity contribution in [3.05, 3.63) is 53.2 Å². The zero-order valence-corrected chi connectivity index (χ0v) is 17.6. The van der Waals surface area contributed by atoms with Crippen LogP contribution in [-0.2, 0) is 10.2 Å². The SMILES string of the molecule is COc1ccc(NC(=O)C2(c3cc(-c4ccc(OC)c(OC)c4)on3)CC2)cc1Cl. The predicted molar refractivity (Wildman–Crippen MR) is 113 cm³/mol. The topological polar surface area (TPSA) is 82.8 Å². The summed E-state index contributed by atoms with van der Waals surface area (Å²) in [5, 5.41) is 7.53. The van der Waals surface area contributed by atoms with E-state index in [0.717, 1.165) is 5.56 Å². The van der Waals surface area contributed by atoms with E-state index in [1.165, 1.54) is 0 Å². The lowest BCUT2D eigenvalue weighted by Crippen LogP contribution is -2.28. The Morgan fingerprint density at radius 3 is 2.33 bits per heavy atom. The third-order valence-electron chi connectivity index (χ3n) is 5.26. The third-order valence-corrected chi connectivity index (χ3v) is 5.56. The molecular weight excluding hydrogens is 408 g/mol. The summed E-state index contributed by atoms with van der Waals surface area (Å²) in [4.78, 5) is 13.0. The molecule has 0 radical (unpaired) electrons. The molecule has 2 aromatic carbocycles. The van der Waals surface area contributed by atoms with Crippen LogP contribution in [0.25, 0.3) is 11.3 Å². The summed E-state index contributed by atoms with van der Waals surface area (Å²) in [7, 11) is 4.69. The number of anilines is 1. The van der Waals surface area contributed by atoms with Crippen molar-refractivity contribution in [2.75, 3.05) is 26.6 Å². The predicted octanol–water partition coefficient (Wildman–Crippen LogP) is 4.69. The zero-order valence-electron chi connectivity index (χ0n) is 16.8. The van der Waals surface area contributed by atoms with Crippen LogP contribution in [0.3, 0.4) is 0 Å². The largest absolute Gasteiger partial charge is 0.495 e. The van der Waals surface area contributed by atoms with E-state index in [4.69, 9.17) is 30.3 Å². The van der Waals surface area contributed by atoms with Gasteiger partial charge in [0, 0.05) is 17.3 Å². The van der Waals surface area contributed by atoms with Gasteiger partial charge in [0.25, 0.3) is 0 Å². The van der Waals surface area contributed by atoms with E-state index in [9.17, 15) is 4.79 Å². The monoisotopic (exact) mass is 428 g/mol. The highest BCUT2D eigenvalue weighted by atomic mass is 35.5. The van der Waals surface area contributed by atoms with Gasteiger partial charge in [0.2, 0.25) is 5.91 Å². The van der Waals surface area contributed by atoms with Gasteiger partial charge in [-0.1, -0.05) is 16.8 Å². The fourth-order valence-electron chi connectivity index (χ4n) is 3.35. The number of hydrogen-bond donors (Lipinski definition) is 1. The highest BCUT2D eigenvalue weighted by Gasteiger charge is 2.53. The van der Waals surface area contributed by atoms with Crippen LogP contribution in [-0.4, -0.2) is 32.4 Å². The van der Waals surface area contributed by atoms with Gasteiger partial charge < -0.3 is 24.1 Å². The fourth-order valence-corrected chi connectivity index (χ4v) is 3.60. The van der Waals surface area contributed by atoms with Crippen LogP contribution in [0.1, 0.15) is 18.5 Å². The van der Waals surface area contributed by atoms with Crippen molar-refractivity contribution in [3.63, 3.8) is 0 Å². The average molecular weight is 429 g/mol. The molecule has 1 fully saturated rings. The lowest BCUT2D eigenvalue weighted by atomic mass is 10.00. The van der Waals surface area contributed by atoms with E-state index in [1.807, 2.05) is 12.1 Å². The molecule has 7 nitrogen and oxygen atoms in total. The summed E-state index contributed by atoms with van der Waals surface area (Å²) >= 11 is 6.15. The molecular formula is C22H21ClN2O5. The first-order chi connectivity index (χ1) is 14.5. The van der Waals surface area contributed by atoms with E-state index >= 15 is 0 Å². The number of hydrogen-bond acceptors (Lipinski definition) is 6. The molecule has 0 unspecified atom stereocenters. The quantitative estimate of drug-likeness (QED) is 0.587. The Kier molecular flexibility index (Phi) is 5.30. The second-order valence-electron chi connectivity index (χ2n) is 7.03. The number of aromatic nitrogens is 1. The van der Waals surface area contributed by atoms with Gasteiger partial charge >= 0.3 is 0 Å². The summed E-state index contributed by atoms with van der Waals surface area (Å²) in [6.45, 7) is 0. The number of carbonyl (C=O) groups is 1. The zero-order chi connectivity index (χ0) is 21.3. The lowest BCUT2D eigenvalue weighted by Gasteiger charge is -2.13. The van der Waals surface area contributed by atoms with Gasteiger partial charge in [-0.2, -0.15) is 0 Å². The minimum atomic E-state index is -0.704. The molecule has 1 aromatic heterocycles. The lowest BCUT2D eigenvalue weighted by molar-refractivity contribution is -0.118. The van der Waals surface area contributed by atoms with Crippen LogP contribution in [0.15, 0.2) is 47.0 Å². The molecule has 0 aliphatic heterocycles. The number of rotatable bonds is 7. The van der Waals surface area contributed by atoms with Crippen molar-refractivity contribution in [1.82, 2.24) is 5.16 Å². The van der Waals surface area contributed by atoms with Gasteiger partial charge in [-0.3, -0.25) is 4.79 Å². The molecule has 8 heteroatoms. The number of halogens is 1. The van der Waals surface area contributed by atoms with Crippen LogP contribution < -0.4 is 19.5 Å². The number of amides is 1. The normalized spacial score (nSPS) is 14.1. The van der Waals surface area contributed by atoms with Gasteiger partial charge in [0.15, 0.2) is 17.3 Å². The Balaban J connectivity index is 1.55. The first-order valence-electron chi connectivity index (χ1n) is 9.35. The number of methoxy groups -OCH3 is 3. The van der Waals surface area contributed by atoms with Crippen molar-refractivity contribution >= 4 is 23.2 Å². The second-order valence-corrected chi connectivity index (χ2v) is 7.44. The number of nitrogens with one attached hydrogen (secondary N) is 1. The summed E-state index contributed by atoms with van der Waals surface area (Å²) in [5.74, 6) is 2.17. The maximum atomic E-state index is 13.0. The molecule has 1 saturated carbocycles. The van der Waals surface area contributed by atoms with Crippen LogP contribution in [0, 0.1) is 0 Å². The fraction of sp³-hybridized carbons (Fsp3) is 0.273. The molecule has 0 spiro atoms. The molecule has 30 heavy (non-hydrogen) atoms. The number of nitrogens with zero attached hydrogens (tertiary/aromatic N) is 1. The summed E-state index contributed by atoms with van der Waals surface area (Å²) < 4.78 is 21.3. The van der Waals surface area contributed by atoms with E-state index in [-0.39, 0.29) is 5.91 Å². The van der Waals surface area contributed by atoms with Crippen molar-refractivity contribution in [3.8, 4) is 28.6 Å². The van der Waals surface area contributed by atoms with Gasteiger partial charge in [-0.25, -0.2) is 0 Å². The number of ether oxygens (including phenoxy) is 3. The molecule has 4 rings (SSSR count). The molecule has 1 aliphatic carbocycles. The third kappa shape index (κ3) is 3.57. The van der Waals surface area contributed by atoms with Gasteiger partial charge in [0.1, 0.15) is 5.75 Å². The highest BCUT2D eigenvalue weighted by molar-refractivity contribution is 6.32. The van der Waals surface area contributed by atoms with E-state index in [2.05, 4.69) is 10.5 Å². The maximum Gasteiger partial charge on any atom is 0.236 e. The minimum Gasteiger partial charge on any atom is -0.495 e. The number of carbonyl (C=O) groups excluding carboxylic acids is 1. The molecule has 0 bridgehead atoms. The van der Waals surface area contributed by atoms with Crippen LogP contribution in [0.4, 0.5) is 5.69 Å². The molecule has 0 saturated heterocycles. The summed E-state index contributed by atoms with van der Waals surface area (Å²) in [6.07, 6.45) is 1.39.